The van der Waals surface area contributed by atoms with Crippen LogP contribution in [-0.4, -0.2) is 67.7 Å². The van der Waals surface area contributed by atoms with Crippen molar-refractivity contribution in [3.8, 4) is 5.75 Å². The predicted molar refractivity (Wildman–Crippen MR) is 102 cm³/mol. The topological polar surface area (TPSA) is 71.1 Å². The van der Waals surface area contributed by atoms with Crippen molar-refractivity contribution < 1.29 is 19.1 Å². The number of rotatable bonds is 7. The average Bonchev–Trinajstić information content (AvgIpc) is 3.40. The number of hydrogen-bond acceptors (Lipinski definition) is 4. The summed E-state index contributed by atoms with van der Waals surface area (Å²) in [5, 5.41) is 2.79. The van der Waals surface area contributed by atoms with E-state index in [0.29, 0.717) is 13.1 Å². The van der Waals surface area contributed by atoms with Crippen LogP contribution in [0.15, 0.2) is 24.3 Å². The summed E-state index contributed by atoms with van der Waals surface area (Å²) in [4.78, 5) is 28.5. The Morgan fingerprint density at radius 1 is 1.22 bits per heavy atom. The maximum atomic E-state index is 12.7. The SMILES string of the molecule is COc1ccc(CN(C[C@@H]2CCCO2)C(=O)NCC(=O)N2CCCC2)cc1. The Morgan fingerprint density at radius 2 is 1.96 bits per heavy atom. The molecule has 0 aromatic heterocycles. The first-order valence-electron chi connectivity index (χ1n) is 9.71. The van der Waals surface area contributed by atoms with Gasteiger partial charge < -0.3 is 24.6 Å². The standard InChI is InChI=1S/C20H29N3O4/c1-26-17-8-6-16(7-9-17)14-23(15-18-5-4-12-27-18)20(25)21-13-19(24)22-10-2-3-11-22/h6-9,18H,2-5,10-15H2,1H3,(H,21,25)/t18-/m0/s1. The molecule has 27 heavy (non-hydrogen) atoms. The van der Waals surface area contributed by atoms with Crippen LogP contribution in [0, 0.1) is 0 Å². The quantitative estimate of drug-likeness (QED) is 0.791. The third kappa shape index (κ3) is 5.60. The number of benzene rings is 1. The number of likely N-dealkylation sites (tertiary alicyclic amines) is 1. The van der Waals surface area contributed by atoms with E-state index >= 15 is 0 Å². The van der Waals surface area contributed by atoms with Gasteiger partial charge in [0.05, 0.1) is 19.8 Å². The first-order chi connectivity index (χ1) is 13.2. The lowest BCUT2D eigenvalue weighted by molar-refractivity contribution is -0.129. The van der Waals surface area contributed by atoms with Crippen molar-refractivity contribution in [1.29, 1.82) is 0 Å². The fraction of sp³-hybridized carbons (Fsp3) is 0.600. The van der Waals surface area contributed by atoms with Gasteiger partial charge in [0, 0.05) is 32.8 Å². The summed E-state index contributed by atoms with van der Waals surface area (Å²) in [6.07, 6.45) is 4.13. The summed E-state index contributed by atoms with van der Waals surface area (Å²) in [5.74, 6) is 0.771. The lowest BCUT2D eigenvalue weighted by atomic mass is 10.2. The highest BCUT2D eigenvalue weighted by molar-refractivity contribution is 5.84. The summed E-state index contributed by atoms with van der Waals surface area (Å²) < 4.78 is 10.9. The van der Waals surface area contributed by atoms with Crippen molar-refractivity contribution in [3.05, 3.63) is 29.8 Å². The van der Waals surface area contributed by atoms with Gasteiger partial charge in [0.1, 0.15) is 5.75 Å². The maximum absolute atomic E-state index is 12.7. The molecule has 7 nitrogen and oxygen atoms in total. The molecule has 148 valence electrons. The van der Waals surface area contributed by atoms with Crippen LogP contribution >= 0.6 is 0 Å². The molecule has 1 aromatic rings. The molecule has 3 rings (SSSR count). The monoisotopic (exact) mass is 375 g/mol. The Morgan fingerprint density at radius 3 is 2.59 bits per heavy atom. The molecular formula is C20H29N3O4. The van der Waals surface area contributed by atoms with Crippen molar-refractivity contribution in [2.75, 3.05) is 39.9 Å². The second kappa shape index (κ2) is 9.60. The second-order valence-corrected chi connectivity index (χ2v) is 7.11. The molecule has 0 saturated carbocycles. The number of nitrogens with one attached hydrogen (secondary N) is 1. The number of urea groups is 1. The molecular weight excluding hydrogens is 346 g/mol. The number of methoxy groups -OCH3 is 1. The van der Waals surface area contributed by atoms with E-state index in [4.69, 9.17) is 9.47 Å². The van der Waals surface area contributed by atoms with Crippen molar-refractivity contribution in [1.82, 2.24) is 15.1 Å². The van der Waals surface area contributed by atoms with E-state index in [-0.39, 0.29) is 24.6 Å². The van der Waals surface area contributed by atoms with E-state index in [1.807, 2.05) is 29.2 Å². The van der Waals surface area contributed by atoms with Gasteiger partial charge in [-0.1, -0.05) is 12.1 Å². The smallest absolute Gasteiger partial charge is 0.318 e. The van der Waals surface area contributed by atoms with Crippen LogP contribution in [0.2, 0.25) is 0 Å². The molecule has 3 amide bonds. The molecule has 1 aromatic carbocycles. The van der Waals surface area contributed by atoms with E-state index in [1.165, 1.54) is 0 Å². The van der Waals surface area contributed by atoms with Gasteiger partial charge in [0.15, 0.2) is 0 Å². The molecule has 7 heteroatoms. The molecule has 2 saturated heterocycles. The van der Waals surface area contributed by atoms with Crippen molar-refractivity contribution >= 4 is 11.9 Å². The molecule has 2 aliphatic rings. The van der Waals surface area contributed by atoms with Crippen LogP contribution in [-0.2, 0) is 16.1 Å². The van der Waals surface area contributed by atoms with E-state index < -0.39 is 0 Å². The average molecular weight is 375 g/mol. The van der Waals surface area contributed by atoms with E-state index in [1.54, 1.807) is 12.0 Å². The zero-order valence-electron chi connectivity index (χ0n) is 16.0. The Hall–Kier alpha value is -2.28. The molecule has 2 fully saturated rings. The van der Waals surface area contributed by atoms with Crippen LogP contribution in [0.25, 0.3) is 0 Å². The fourth-order valence-corrected chi connectivity index (χ4v) is 3.55. The number of carbonyl (C=O) groups excluding carboxylic acids is 2. The van der Waals surface area contributed by atoms with Crippen molar-refractivity contribution in [2.24, 2.45) is 0 Å². The normalized spacial score (nSPS) is 19.1. The summed E-state index contributed by atoms with van der Waals surface area (Å²) in [6.45, 7) is 3.36. The minimum absolute atomic E-state index is 0.0117. The lowest BCUT2D eigenvalue weighted by Gasteiger charge is -2.26. The molecule has 2 aliphatic heterocycles. The van der Waals surface area contributed by atoms with Gasteiger partial charge in [-0.3, -0.25) is 4.79 Å². The molecule has 0 aliphatic carbocycles. The van der Waals surface area contributed by atoms with Gasteiger partial charge >= 0.3 is 6.03 Å². The van der Waals surface area contributed by atoms with E-state index in [9.17, 15) is 9.59 Å². The number of ether oxygens (including phenoxy) is 2. The van der Waals surface area contributed by atoms with E-state index in [2.05, 4.69) is 5.32 Å². The Labute approximate surface area is 160 Å². The van der Waals surface area contributed by atoms with E-state index in [0.717, 1.165) is 56.7 Å². The highest BCUT2D eigenvalue weighted by atomic mass is 16.5. The third-order valence-corrected chi connectivity index (χ3v) is 5.12. The highest BCUT2D eigenvalue weighted by Crippen LogP contribution is 2.17. The molecule has 0 unspecified atom stereocenters. The minimum Gasteiger partial charge on any atom is -0.497 e. The molecule has 0 spiro atoms. The van der Waals surface area contributed by atoms with Gasteiger partial charge in [-0.15, -0.1) is 0 Å². The minimum atomic E-state index is -0.228. The number of hydrogen-bond donors (Lipinski definition) is 1. The van der Waals surface area contributed by atoms with Crippen molar-refractivity contribution in [3.63, 3.8) is 0 Å². The summed E-state index contributed by atoms with van der Waals surface area (Å²) >= 11 is 0. The predicted octanol–water partition coefficient (Wildman–Crippen LogP) is 2.01. The molecule has 1 N–H and O–H groups in total. The maximum Gasteiger partial charge on any atom is 0.318 e. The van der Waals surface area contributed by atoms with Crippen LogP contribution in [0.5, 0.6) is 5.75 Å². The Balaban J connectivity index is 1.58. The third-order valence-electron chi connectivity index (χ3n) is 5.12. The highest BCUT2D eigenvalue weighted by Gasteiger charge is 2.24. The molecule has 2 heterocycles. The largest absolute Gasteiger partial charge is 0.497 e. The Kier molecular flexibility index (Phi) is 6.92. The summed E-state index contributed by atoms with van der Waals surface area (Å²) in [7, 11) is 1.63. The first-order valence-corrected chi connectivity index (χ1v) is 9.71. The van der Waals surface area contributed by atoms with Gasteiger partial charge in [-0.2, -0.15) is 0 Å². The number of carbonyl (C=O) groups is 2. The summed E-state index contributed by atoms with van der Waals surface area (Å²) in [6, 6.07) is 7.44. The number of nitrogens with zero attached hydrogens (tertiary/aromatic N) is 2. The van der Waals surface area contributed by atoms with Crippen molar-refractivity contribution in [2.45, 2.75) is 38.3 Å². The second-order valence-electron chi connectivity index (χ2n) is 7.11. The lowest BCUT2D eigenvalue weighted by Crippen LogP contribution is -2.46. The zero-order valence-corrected chi connectivity index (χ0v) is 16.0. The van der Waals surface area contributed by atoms with Crippen LogP contribution < -0.4 is 10.1 Å². The molecule has 0 bridgehead atoms. The first kappa shape index (κ1) is 19.5. The van der Waals surface area contributed by atoms with Crippen LogP contribution in [0.1, 0.15) is 31.2 Å². The van der Waals surface area contributed by atoms with Gasteiger partial charge in [-0.05, 0) is 43.4 Å². The van der Waals surface area contributed by atoms with Crippen LogP contribution in [0.3, 0.4) is 0 Å². The fourth-order valence-electron chi connectivity index (χ4n) is 3.55. The Bertz CT molecular complexity index is 623. The van der Waals surface area contributed by atoms with Crippen LogP contribution in [0.4, 0.5) is 4.79 Å². The van der Waals surface area contributed by atoms with Gasteiger partial charge in [0.25, 0.3) is 0 Å². The molecule has 1 atom stereocenters. The molecule has 0 radical (unpaired) electrons. The van der Waals surface area contributed by atoms with Gasteiger partial charge in [0.2, 0.25) is 5.91 Å². The number of amides is 3. The zero-order chi connectivity index (χ0) is 19.1. The summed E-state index contributed by atoms with van der Waals surface area (Å²) in [5.41, 5.74) is 1.01. The van der Waals surface area contributed by atoms with Gasteiger partial charge in [-0.25, -0.2) is 4.79 Å².